The summed E-state index contributed by atoms with van der Waals surface area (Å²) < 4.78 is 15.5. The summed E-state index contributed by atoms with van der Waals surface area (Å²) in [4.78, 5) is 11.9. The zero-order valence-electron chi connectivity index (χ0n) is 15.8. The molecule has 9 nitrogen and oxygen atoms in total. The maximum atomic E-state index is 14.2. The summed E-state index contributed by atoms with van der Waals surface area (Å²) >= 11 is 11.9. The van der Waals surface area contributed by atoms with Gasteiger partial charge < -0.3 is 16.2 Å². The topological polar surface area (TPSA) is 138 Å². The summed E-state index contributed by atoms with van der Waals surface area (Å²) in [5.74, 6) is -0.703. The molecule has 12 heteroatoms. The SMILES string of the molecule is C[C@](O)(Nc1ncnc(N)c1C#N)c1cc2ncc(Cl)n2nc1-c1ccc(Cl)c(F)c1. The molecule has 4 rings (SSSR count). The standard InChI is InChI=1S/C19H13Cl2FN8O/c1-19(31,28-18-10(6-23)17(24)26-8-27-18)11-5-15-25-7-14(21)30(15)29-16(11)9-2-3-12(20)13(22)4-9/h2-5,7-8,31H,1H3,(H3,24,26,27,28)/t19-/m1/s1. The van der Waals surface area contributed by atoms with Crippen molar-refractivity contribution in [3.63, 3.8) is 0 Å². The minimum Gasteiger partial charge on any atom is -0.382 e. The predicted octanol–water partition coefficient (Wildman–Crippen LogP) is 3.36. The van der Waals surface area contributed by atoms with Gasteiger partial charge in [-0.25, -0.2) is 23.9 Å². The number of anilines is 2. The molecule has 0 fully saturated rings. The highest BCUT2D eigenvalue weighted by Gasteiger charge is 2.31. The van der Waals surface area contributed by atoms with E-state index in [1.54, 1.807) is 6.07 Å². The lowest BCUT2D eigenvalue weighted by atomic mass is 9.98. The Morgan fingerprint density at radius 2 is 2.03 bits per heavy atom. The predicted molar refractivity (Wildman–Crippen MR) is 113 cm³/mol. The fraction of sp³-hybridized carbons (Fsp3) is 0.105. The van der Waals surface area contributed by atoms with Gasteiger partial charge in [-0.15, -0.1) is 0 Å². The van der Waals surface area contributed by atoms with E-state index in [0.717, 1.165) is 6.33 Å². The number of benzene rings is 1. The van der Waals surface area contributed by atoms with E-state index in [4.69, 9.17) is 28.9 Å². The molecular weight excluding hydrogens is 446 g/mol. The van der Waals surface area contributed by atoms with Crippen molar-refractivity contribution in [2.24, 2.45) is 0 Å². The van der Waals surface area contributed by atoms with Gasteiger partial charge in [0.15, 0.2) is 22.3 Å². The average molecular weight is 459 g/mol. The van der Waals surface area contributed by atoms with Crippen molar-refractivity contribution in [2.45, 2.75) is 12.6 Å². The van der Waals surface area contributed by atoms with E-state index in [0.29, 0.717) is 11.2 Å². The summed E-state index contributed by atoms with van der Waals surface area (Å²) in [7, 11) is 0. The molecule has 0 unspecified atom stereocenters. The van der Waals surface area contributed by atoms with Crippen LogP contribution < -0.4 is 11.1 Å². The van der Waals surface area contributed by atoms with Crippen molar-refractivity contribution in [1.29, 1.82) is 5.26 Å². The minimum absolute atomic E-state index is 0.00878. The molecule has 3 aromatic heterocycles. The van der Waals surface area contributed by atoms with Gasteiger partial charge in [-0.2, -0.15) is 10.4 Å². The van der Waals surface area contributed by atoms with Gasteiger partial charge in [0, 0.05) is 11.1 Å². The fourth-order valence-corrected chi connectivity index (χ4v) is 3.31. The van der Waals surface area contributed by atoms with Gasteiger partial charge in [0.25, 0.3) is 0 Å². The van der Waals surface area contributed by atoms with Crippen LogP contribution in [-0.2, 0) is 5.72 Å². The molecule has 0 aliphatic rings. The highest BCUT2D eigenvalue weighted by Crippen LogP contribution is 2.34. The Morgan fingerprint density at radius 1 is 1.26 bits per heavy atom. The first-order valence-corrected chi connectivity index (χ1v) is 9.48. The van der Waals surface area contributed by atoms with Crippen LogP contribution in [0.4, 0.5) is 16.0 Å². The minimum atomic E-state index is -1.84. The van der Waals surface area contributed by atoms with Gasteiger partial charge in [0.1, 0.15) is 29.6 Å². The second kappa shape index (κ2) is 7.63. The Morgan fingerprint density at radius 3 is 2.74 bits per heavy atom. The largest absolute Gasteiger partial charge is 0.382 e. The van der Waals surface area contributed by atoms with Crippen LogP contribution in [0.1, 0.15) is 18.1 Å². The second-order valence-corrected chi connectivity index (χ2v) is 7.47. The van der Waals surface area contributed by atoms with Gasteiger partial charge >= 0.3 is 0 Å². The maximum Gasteiger partial charge on any atom is 0.162 e. The fourth-order valence-electron chi connectivity index (χ4n) is 3.02. The lowest BCUT2D eigenvalue weighted by molar-refractivity contribution is 0.0885. The highest BCUT2D eigenvalue weighted by atomic mass is 35.5. The molecular formula is C19H13Cl2FN8O. The first-order valence-electron chi connectivity index (χ1n) is 8.72. The number of hydrogen-bond donors (Lipinski definition) is 3. The normalized spacial score (nSPS) is 13.0. The molecule has 0 bridgehead atoms. The Hall–Kier alpha value is -3.52. The number of halogens is 3. The molecule has 1 aromatic carbocycles. The summed E-state index contributed by atoms with van der Waals surface area (Å²) in [6.07, 6.45) is 2.54. The molecule has 0 saturated carbocycles. The van der Waals surface area contributed by atoms with E-state index in [9.17, 15) is 14.8 Å². The number of nitrogen functional groups attached to an aromatic ring is 1. The van der Waals surface area contributed by atoms with E-state index in [2.05, 4.69) is 25.4 Å². The number of hydrogen-bond acceptors (Lipinski definition) is 8. The number of nitriles is 1. The van der Waals surface area contributed by atoms with Gasteiger partial charge in [-0.3, -0.25) is 0 Å². The van der Waals surface area contributed by atoms with Crippen molar-refractivity contribution >= 4 is 40.5 Å². The number of aromatic nitrogens is 5. The van der Waals surface area contributed by atoms with Crippen molar-refractivity contribution in [3.8, 4) is 17.3 Å². The first-order chi connectivity index (χ1) is 14.7. The van der Waals surface area contributed by atoms with Crippen LogP contribution in [-0.4, -0.2) is 29.7 Å². The van der Waals surface area contributed by atoms with Gasteiger partial charge in [-0.05, 0) is 25.1 Å². The molecule has 156 valence electrons. The summed E-state index contributed by atoms with van der Waals surface area (Å²) in [6.45, 7) is 1.42. The third kappa shape index (κ3) is 3.70. The maximum absolute atomic E-state index is 14.2. The molecule has 0 aliphatic carbocycles. The van der Waals surface area contributed by atoms with E-state index in [-0.39, 0.29) is 38.6 Å². The molecule has 4 aromatic rings. The number of fused-ring (bicyclic) bond motifs is 1. The summed E-state index contributed by atoms with van der Waals surface area (Å²) in [5.41, 5.74) is 4.92. The van der Waals surface area contributed by atoms with Crippen LogP contribution in [0.2, 0.25) is 10.2 Å². The van der Waals surface area contributed by atoms with Crippen molar-refractivity contribution in [3.05, 3.63) is 63.9 Å². The first kappa shape index (κ1) is 20.7. The third-order valence-corrected chi connectivity index (χ3v) is 5.08. The van der Waals surface area contributed by atoms with Crippen LogP contribution in [0.15, 0.2) is 36.8 Å². The Kier molecular flexibility index (Phi) is 5.10. The van der Waals surface area contributed by atoms with E-state index in [1.165, 1.54) is 35.8 Å². The quantitative estimate of drug-likeness (QED) is 0.395. The van der Waals surface area contributed by atoms with Crippen LogP contribution in [0.3, 0.4) is 0 Å². The van der Waals surface area contributed by atoms with Crippen molar-refractivity contribution < 1.29 is 9.50 Å². The molecule has 4 N–H and O–H groups in total. The van der Waals surface area contributed by atoms with Crippen LogP contribution in [0.25, 0.3) is 16.9 Å². The molecule has 0 saturated heterocycles. The highest BCUT2D eigenvalue weighted by molar-refractivity contribution is 6.30. The third-order valence-electron chi connectivity index (χ3n) is 4.52. The average Bonchev–Trinajstić information content (AvgIpc) is 3.09. The Labute approximate surface area is 184 Å². The van der Waals surface area contributed by atoms with E-state index >= 15 is 0 Å². The van der Waals surface area contributed by atoms with Crippen LogP contribution in [0, 0.1) is 17.1 Å². The van der Waals surface area contributed by atoms with Gasteiger partial charge in [0.05, 0.1) is 16.9 Å². The van der Waals surface area contributed by atoms with E-state index in [1.807, 2.05) is 6.07 Å². The smallest absolute Gasteiger partial charge is 0.162 e. The zero-order chi connectivity index (χ0) is 22.3. The van der Waals surface area contributed by atoms with E-state index < -0.39 is 11.5 Å². The molecule has 31 heavy (non-hydrogen) atoms. The lowest BCUT2D eigenvalue weighted by Crippen LogP contribution is -2.33. The van der Waals surface area contributed by atoms with Gasteiger partial charge in [-0.1, -0.05) is 29.3 Å². The number of imidazole rings is 1. The Bertz CT molecular complexity index is 1370. The monoisotopic (exact) mass is 458 g/mol. The summed E-state index contributed by atoms with van der Waals surface area (Å²) in [5, 5.41) is 28.1. The molecule has 1 atom stereocenters. The number of aliphatic hydroxyl groups is 1. The van der Waals surface area contributed by atoms with Crippen molar-refractivity contribution in [2.75, 3.05) is 11.1 Å². The lowest BCUT2D eigenvalue weighted by Gasteiger charge is -2.28. The Balaban J connectivity index is 1.92. The summed E-state index contributed by atoms with van der Waals surface area (Å²) in [6, 6.07) is 7.53. The number of nitrogens with two attached hydrogens (primary N) is 1. The molecule has 0 aliphatic heterocycles. The number of nitrogens with one attached hydrogen (secondary N) is 1. The van der Waals surface area contributed by atoms with Gasteiger partial charge in [0.2, 0.25) is 0 Å². The zero-order valence-corrected chi connectivity index (χ0v) is 17.3. The van der Waals surface area contributed by atoms with Crippen molar-refractivity contribution in [1.82, 2.24) is 24.6 Å². The molecule has 3 heterocycles. The second-order valence-electron chi connectivity index (χ2n) is 6.68. The van der Waals surface area contributed by atoms with Crippen LogP contribution in [0.5, 0.6) is 0 Å². The van der Waals surface area contributed by atoms with Crippen LogP contribution >= 0.6 is 23.2 Å². The number of rotatable bonds is 4. The molecule has 0 spiro atoms. The molecule has 0 radical (unpaired) electrons. The molecule has 0 amide bonds. The number of nitrogens with zero attached hydrogens (tertiary/aromatic N) is 6.